The Kier molecular flexibility index (Phi) is 3.97. The number of oxazole rings is 1. The van der Waals surface area contributed by atoms with Gasteiger partial charge in [0.1, 0.15) is 12.0 Å². The second-order valence-electron chi connectivity index (χ2n) is 5.67. The molecule has 1 heterocycles. The SMILES string of the molecule is O=Cc1ccc(-c2nc(-c3ccccc3)oc2-c2ccccc2)cc1. The zero-order chi connectivity index (χ0) is 17.1. The molecule has 25 heavy (non-hydrogen) atoms. The summed E-state index contributed by atoms with van der Waals surface area (Å²) in [7, 11) is 0. The van der Waals surface area contributed by atoms with E-state index in [1.807, 2.05) is 72.8 Å². The largest absolute Gasteiger partial charge is 0.435 e. The fourth-order valence-electron chi connectivity index (χ4n) is 2.72. The van der Waals surface area contributed by atoms with Crippen LogP contribution in [-0.4, -0.2) is 11.3 Å². The topological polar surface area (TPSA) is 43.1 Å². The predicted octanol–water partition coefficient (Wildman–Crippen LogP) is 5.49. The molecule has 4 rings (SSSR count). The first-order chi connectivity index (χ1) is 12.3. The highest BCUT2D eigenvalue weighted by Crippen LogP contribution is 2.35. The fourth-order valence-corrected chi connectivity index (χ4v) is 2.72. The number of rotatable bonds is 4. The average Bonchev–Trinajstić information content (AvgIpc) is 3.15. The van der Waals surface area contributed by atoms with Crippen LogP contribution in [0.15, 0.2) is 89.3 Å². The van der Waals surface area contributed by atoms with Gasteiger partial charge in [0, 0.05) is 22.3 Å². The minimum Gasteiger partial charge on any atom is -0.435 e. The van der Waals surface area contributed by atoms with Gasteiger partial charge < -0.3 is 4.42 Å². The molecule has 0 unspecified atom stereocenters. The smallest absolute Gasteiger partial charge is 0.227 e. The standard InChI is InChI=1S/C22H15NO2/c24-15-16-11-13-17(14-12-16)20-21(18-7-3-1-4-8-18)25-22(23-20)19-9-5-2-6-10-19/h1-15H. The molecule has 0 aliphatic rings. The normalized spacial score (nSPS) is 10.6. The molecule has 0 N–H and O–H groups in total. The molecule has 4 aromatic rings. The number of carbonyl (C=O) groups excluding carboxylic acids is 1. The van der Waals surface area contributed by atoms with Gasteiger partial charge in [-0.05, 0) is 12.1 Å². The van der Waals surface area contributed by atoms with E-state index < -0.39 is 0 Å². The van der Waals surface area contributed by atoms with Crippen LogP contribution >= 0.6 is 0 Å². The molecule has 0 aliphatic heterocycles. The van der Waals surface area contributed by atoms with E-state index in [9.17, 15) is 4.79 Å². The lowest BCUT2D eigenvalue weighted by Crippen LogP contribution is -1.84. The van der Waals surface area contributed by atoms with Crippen LogP contribution in [0.5, 0.6) is 0 Å². The van der Waals surface area contributed by atoms with Crippen molar-refractivity contribution in [1.82, 2.24) is 4.98 Å². The highest BCUT2D eigenvalue weighted by Gasteiger charge is 2.17. The lowest BCUT2D eigenvalue weighted by molar-refractivity contribution is 0.112. The minimum absolute atomic E-state index is 0.578. The van der Waals surface area contributed by atoms with E-state index in [0.29, 0.717) is 11.5 Å². The van der Waals surface area contributed by atoms with Gasteiger partial charge in [0.05, 0.1) is 0 Å². The van der Waals surface area contributed by atoms with Crippen LogP contribution in [0.25, 0.3) is 34.0 Å². The number of benzene rings is 3. The molecule has 3 aromatic carbocycles. The number of aromatic nitrogens is 1. The van der Waals surface area contributed by atoms with Crippen molar-refractivity contribution in [2.24, 2.45) is 0 Å². The zero-order valence-electron chi connectivity index (χ0n) is 13.4. The molecular formula is C22H15NO2. The third kappa shape index (κ3) is 3.00. The predicted molar refractivity (Wildman–Crippen MR) is 98.2 cm³/mol. The van der Waals surface area contributed by atoms with Crippen molar-refractivity contribution >= 4 is 6.29 Å². The van der Waals surface area contributed by atoms with Crippen LogP contribution in [0.3, 0.4) is 0 Å². The Bertz CT molecular complexity index is 987. The van der Waals surface area contributed by atoms with Gasteiger partial charge in [-0.1, -0.05) is 72.8 Å². The van der Waals surface area contributed by atoms with Gasteiger partial charge in [0.2, 0.25) is 5.89 Å². The van der Waals surface area contributed by atoms with Gasteiger partial charge in [-0.25, -0.2) is 4.98 Å². The summed E-state index contributed by atoms with van der Waals surface area (Å²) < 4.78 is 6.12. The Hall–Kier alpha value is -3.46. The maximum absolute atomic E-state index is 10.9. The van der Waals surface area contributed by atoms with Gasteiger partial charge in [-0.2, -0.15) is 0 Å². The van der Waals surface area contributed by atoms with Crippen molar-refractivity contribution in [3.63, 3.8) is 0 Å². The summed E-state index contributed by atoms with van der Waals surface area (Å²) in [6, 6.07) is 27.1. The van der Waals surface area contributed by atoms with Crippen molar-refractivity contribution < 1.29 is 9.21 Å². The van der Waals surface area contributed by atoms with Crippen LogP contribution in [0, 0.1) is 0 Å². The van der Waals surface area contributed by atoms with E-state index in [2.05, 4.69) is 0 Å². The van der Waals surface area contributed by atoms with E-state index in [4.69, 9.17) is 9.40 Å². The molecule has 120 valence electrons. The van der Waals surface area contributed by atoms with Crippen molar-refractivity contribution in [1.29, 1.82) is 0 Å². The summed E-state index contributed by atoms with van der Waals surface area (Å²) in [6.45, 7) is 0. The molecular weight excluding hydrogens is 310 g/mol. The van der Waals surface area contributed by atoms with E-state index in [1.165, 1.54) is 0 Å². The quantitative estimate of drug-likeness (QED) is 0.466. The Labute approximate surface area is 145 Å². The third-order valence-corrected chi connectivity index (χ3v) is 4.00. The van der Waals surface area contributed by atoms with Crippen LogP contribution in [-0.2, 0) is 0 Å². The number of aldehydes is 1. The van der Waals surface area contributed by atoms with Gasteiger partial charge in [0.15, 0.2) is 5.76 Å². The molecule has 0 aliphatic carbocycles. The highest BCUT2D eigenvalue weighted by molar-refractivity contribution is 5.81. The molecule has 0 radical (unpaired) electrons. The van der Waals surface area contributed by atoms with Crippen molar-refractivity contribution in [2.45, 2.75) is 0 Å². The maximum atomic E-state index is 10.9. The second kappa shape index (κ2) is 6.57. The summed E-state index contributed by atoms with van der Waals surface area (Å²) >= 11 is 0. The molecule has 1 aromatic heterocycles. The molecule has 0 saturated heterocycles. The first-order valence-electron chi connectivity index (χ1n) is 8.02. The molecule has 0 spiro atoms. The van der Waals surface area contributed by atoms with E-state index in [0.717, 1.165) is 34.4 Å². The van der Waals surface area contributed by atoms with Crippen LogP contribution in [0.2, 0.25) is 0 Å². The van der Waals surface area contributed by atoms with E-state index >= 15 is 0 Å². The summed E-state index contributed by atoms with van der Waals surface area (Å²) in [5.74, 6) is 1.30. The summed E-state index contributed by atoms with van der Waals surface area (Å²) in [5, 5.41) is 0. The first-order valence-corrected chi connectivity index (χ1v) is 8.02. The monoisotopic (exact) mass is 325 g/mol. The van der Waals surface area contributed by atoms with Gasteiger partial charge >= 0.3 is 0 Å². The molecule has 0 amide bonds. The summed E-state index contributed by atoms with van der Waals surface area (Å²) in [6.07, 6.45) is 0.833. The van der Waals surface area contributed by atoms with Crippen LogP contribution in [0.1, 0.15) is 10.4 Å². The first kappa shape index (κ1) is 15.1. The summed E-state index contributed by atoms with van der Waals surface area (Å²) in [4.78, 5) is 15.6. The molecule has 0 atom stereocenters. The number of nitrogens with zero attached hydrogens (tertiary/aromatic N) is 1. The molecule has 0 saturated carbocycles. The van der Waals surface area contributed by atoms with Crippen LogP contribution < -0.4 is 0 Å². The summed E-state index contributed by atoms with van der Waals surface area (Å²) in [5.41, 5.74) is 4.21. The molecule has 0 fully saturated rings. The fraction of sp³-hybridized carbons (Fsp3) is 0. The Morgan fingerprint density at radius 1 is 0.680 bits per heavy atom. The maximum Gasteiger partial charge on any atom is 0.227 e. The number of hydrogen-bond acceptors (Lipinski definition) is 3. The molecule has 3 heteroatoms. The zero-order valence-corrected chi connectivity index (χ0v) is 13.4. The van der Waals surface area contributed by atoms with Gasteiger partial charge in [-0.15, -0.1) is 0 Å². The lowest BCUT2D eigenvalue weighted by Gasteiger charge is -2.01. The minimum atomic E-state index is 0.578. The molecule has 0 bridgehead atoms. The number of hydrogen-bond donors (Lipinski definition) is 0. The van der Waals surface area contributed by atoms with E-state index in [-0.39, 0.29) is 0 Å². The van der Waals surface area contributed by atoms with Crippen molar-refractivity contribution in [3.05, 3.63) is 90.5 Å². The van der Waals surface area contributed by atoms with Crippen LogP contribution in [0.4, 0.5) is 0 Å². The Morgan fingerprint density at radius 3 is 1.88 bits per heavy atom. The average molecular weight is 325 g/mol. The Morgan fingerprint density at radius 2 is 1.28 bits per heavy atom. The van der Waals surface area contributed by atoms with E-state index in [1.54, 1.807) is 12.1 Å². The lowest BCUT2D eigenvalue weighted by atomic mass is 10.0. The van der Waals surface area contributed by atoms with Gasteiger partial charge in [0.25, 0.3) is 0 Å². The second-order valence-corrected chi connectivity index (χ2v) is 5.67. The Balaban J connectivity index is 1.88. The van der Waals surface area contributed by atoms with Gasteiger partial charge in [-0.3, -0.25) is 4.79 Å². The highest BCUT2D eigenvalue weighted by atomic mass is 16.4. The van der Waals surface area contributed by atoms with Crippen molar-refractivity contribution in [2.75, 3.05) is 0 Å². The number of carbonyl (C=O) groups is 1. The molecule has 3 nitrogen and oxygen atoms in total. The third-order valence-electron chi connectivity index (χ3n) is 4.00. The van der Waals surface area contributed by atoms with Crippen molar-refractivity contribution in [3.8, 4) is 34.0 Å².